The van der Waals surface area contributed by atoms with E-state index in [-0.39, 0.29) is 0 Å². The molecule has 0 radical (unpaired) electrons. The van der Waals surface area contributed by atoms with Crippen molar-refractivity contribution >= 4 is 5.69 Å². The second-order valence-corrected chi connectivity index (χ2v) is 4.37. The third-order valence-corrected chi connectivity index (χ3v) is 2.78. The maximum Gasteiger partial charge on any atom is 0.115 e. The Morgan fingerprint density at radius 1 is 1.00 bits per heavy atom. The molecule has 2 heteroatoms. The fourth-order valence-corrected chi connectivity index (χ4v) is 1.98. The Kier molecular flexibility index (Phi) is 3.33. The van der Waals surface area contributed by atoms with Gasteiger partial charge in [-0.25, -0.2) is 0 Å². The third-order valence-electron chi connectivity index (χ3n) is 2.78. The van der Waals surface area contributed by atoms with E-state index >= 15 is 0 Å². The highest BCUT2D eigenvalue weighted by Crippen LogP contribution is 2.22. The van der Waals surface area contributed by atoms with Gasteiger partial charge in [-0.1, -0.05) is 30.3 Å². The van der Waals surface area contributed by atoms with Crippen molar-refractivity contribution in [2.24, 2.45) is 0 Å². The van der Waals surface area contributed by atoms with Gasteiger partial charge in [-0.2, -0.15) is 0 Å². The predicted molar refractivity (Wildman–Crippen MR) is 71.7 cm³/mol. The summed E-state index contributed by atoms with van der Waals surface area (Å²) in [5.74, 6) is 0.324. The van der Waals surface area contributed by atoms with E-state index in [0.29, 0.717) is 5.75 Å². The standard InChI is InChI=1S/C15H17NO/c1-16(2)15-9-4-3-7-13(15)10-12-6-5-8-14(17)11-12/h3-9,11,17H,10H2,1-2H3. The average Bonchev–Trinajstić information content (AvgIpc) is 2.29. The molecular weight excluding hydrogens is 210 g/mol. The van der Waals surface area contributed by atoms with Crippen LogP contribution in [0.1, 0.15) is 11.1 Å². The number of aromatic hydroxyl groups is 1. The molecule has 0 saturated heterocycles. The van der Waals surface area contributed by atoms with Crippen molar-refractivity contribution in [1.29, 1.82) is 0 Å². The van der Waals surface area contributed by atoms with Crippen LogP contribution in [0.3, 0.4) is 0 Å². The molecule has 17 heavy (non-hydrogen) atoms. The maximum atomic E-state index is 9.46. The number of hydrogen-bond acceptors (Lipinski definition) is 2. The van der Waals surface area contributed by atoms with Crippen molar-refractivity contribution in [3.63, 3.8) is 0 Å². The van der Waals surface area contributed by atoms with Crippen LogP contribution >= 0.6 is 0 Å². The van der Waals surface area contributed by atoms with Gasteiger partial charge in [0.25, 0.3) is 0 Å². The molecule has 0 fully saturated rings. The van der Waals surface area contributed by atoms with Crippen molar-refractivity contribution in [2.75, 3.05) is 19.0 Å². The first-order valence-corrected chi connectivity index (χ1v) is 5.70. The number of hydrogen-bond donors (Lipinski definition) is 1. The van der Waals surface area contributed by atoms with Gasteiger partial charge in [0.1, 0.15) is 5.75 Å². The lowest BCUT2D eigenvalue weighted by molar-refractivity contribution is 0.474. The van der Waals surface area contributed by atoms with Crippen molar-refractivity contribution < 1.29 is 5.11 Å². The Morgan fingerprint density at radius 3 is 2.47 bits per heavy atom. The van der Waals surface area contributed by atoms with Crippen LogP contribution in [0.5, 0.6) is 5.75 Å². The summed E-state index contributed by atoms with van der Waals surface area (Å²) in [6.07, 6.45) is 0.836. The van der Waals surface area contributed by atoms with Gasteiger partial charge >= 0.3 is 0 Å². The highest BCUT2D eigenvalue weighted by Gasteiger charge is 2.04. The van der Waals surface area contributed by atoms with Crippen LogP contribution in [0.25, 0.3) is 0 Å². The maximum absolute atomic E-state index is 9.46. The summed E-state index contributed by atoms with van der Waals surface area (Å²) < 4.78 is 0. The molecule has 0 saturated carbocycles. The van der Waals surface area contributed by atoms with Crippen LogP contribution in [-0.2, 0) is 6.42 Å². The van der Waals surface area contributed by atoms with Gasteiger partial charge in [0.15, 0.2) is 0 Å². The smallest absolute Gasteiger partial charge is 0.115 e. The van der Waals surface area contributed by atoms with E-state index in [1.165, 1.54) is 11.3 Å². The largest absolute Gasteiger partial charge is 0.508 e. The molecule has 2 nitrogen and oxygen atoms in total. The zero-order valence-corrected chi connectivity index (χ0v) is 10.2. The normalized spacial score (nSPS) is 10.2. The zero-order valence-electron chi connectivity index (χ0n) is 10.2. The molecule has 2 rings (SSSR count). The minimum Gasteiger partial charge on any atom is -0.508 e. The molecule has 88 valence electrons. The van der Waals surface area contributed by atoms with Crippen molar-refractivity contribution in [3.05, 3.63) is 59.7 Å². The van der Waals surface area contributed by atoms with Crippen LogP contribution in [0.2, 0.25) is 0 Å². The van der Waals surface area contributed by atoms with Gasteiger partial charge in [0.2, 0.25) is 0 Å². The highest BCUT2D eigenvalue weighted by molar-refractivity contribution is 5.54. The van der Waals surface area contributed by atoms with Gasteiger partial charge in [0.05, 0.1) is 0 Å². The lowest BCUT2D eigenvalue weighted by Gasteiger charge is -2.17. The number of para-hydroxylation sites is 1. The van der Waals surface area contributed by atoms with Crippen LogP contribution in [0, 0.1) is 0 Å². The van der Waals surface area contributed by atoms with E-state index < -0.39 is 0 Å². The van der Waals surface area contributed by atoms with Gasteiger partial charge in [-0.05, 0) is 35.7 Å². The number of phenolic OH excluding ortho intramolecular Hbond substituents is 1. The molecule has 0 aliphatic carbocycles. The molecule has 0 amide bonds. The second-order valence-electron chi connectivity index (χ2n) is 4.37. The van der Waals surface area contributed by atoms with Crippen molar-refractivity contribution in [1.82, 2.24) is 0 Å². The molecule has 0 aliphatic heterocycles. The summed E-state index contributed by atoms with van der Waals surface area (Å²) in [5.41, 5.74) is 3.61. The van der Waals surface area contributed by atoms with Gasteiger partial charge in [0, 0.05) is 19.8 Å². The molecule has 1 N–H and O–H groups in total. The second kappa shape index (κ2) is 4.91. The number of anilines is 1. The monoisotopic (exact) mass is 227 g/mol. The van der Waals surface area contributed by atoms with E-state index in [1.807, 2.05) is 44.4 Å². The van der Waals surface area contributed by atoms with E-state index in [9.17, 15) is 5.11 Å². The number of benzene rings is 2. The number of nitrogens with zero attached hydrogens (tertiary/aromatic N) is 1. The lowest BCUT2D eigenvalue weighted by atomic mass is 10.0. The third kappa shape index (κ3) is 2.78. The quantitative estimate of drug-likeness (QED) is 0.871. The van der Waals surface area contributed by atoms with E-state index in [0.717, 1.165) is 12.0 Å². The summed E-state index contributed by atoms with van der Waals surface area (Å²) in [6, 6.07) is 15.7. The van der Waals surface area contributed by atoms with E-state index in [4.69, 9.17) is 0 Å². The minimum absolute atomic E-state index is 0.324. The molecule has 2 aromatic rings. The number of phenols is 1. The summed E-state index contributed by atoms with van der Waals surface area (Å²) in [5, 5.41) is 9.46. The predicted octanol–water partition coefficient (Wildman–Crippen LogP) is 3.05. The number of rotatable bonds is 3. The Hall–Kier alpha value is -1.96. The van der Waals surface area contributed by atoms with Crippen LogP contribution in [0.4, 0.5) is 5.69 Å². The van der Waals surface area contributed by atoms with E-state index in [2.05, 4.69) is 17.0 Å². The first-order valence-electron chi connectivity index (χ1n) is 5.70. The van der Waals surface area contributed by atoms with Crippen molar-refractivity contribution in [3.8, 4) is 5.75 Å². The van der Waals surface area contributed by atoms with E-state index in [1.54, 1.807) is 6.07 Å². The fourth-order valence-electron chi connectivity index (χ4n) is 1.98. The van der Waals surface area contributed by atoms with Crippen LogP contribution < -0.4 is 4.90 Å². The molecule has 0 unspecified atom stereocenters. The van der Waals surface area contributed by atoms with Crippen molar-refractivity contribution in [2.45, 2.75) is 6.42 Å². The summed E-state index contributed by atoms with van der Waals surface area (Å²) in [4.78, 5) is 2.11. The SMILES string of the molecule is CN(C)c1ccccc1Cc1cccc(O)c1. The Balaban J connectivity index is 2.30. The Bertz CT molecular complexity index is 506. The molecule has 0 heterocycles. The first-order chi connectivity index (χ1) is 8.16. The lowest BCUT2D eigenvalue weighted by Crippen LogP contribution is -2.11. The Labute approximate surface area is 102 Å². The van der Waals surface area contributed by atoms with Gasteiger partial charge < -0.3 is 10.0 Å². The molecular formula is C15H17NO. The van der Waals surface area contributed by atoms with Gasteiger partial charge in [-0.15, -0.1) is 0 Å². The molecule has 0 aliphatic rings. The summed E-state index contributed by atoms with van der Waals surface area (Å²) in [6.45, 7) is 0. The fraction of sp³-hybridized carbons (Fsp3) is 0.200. The summed E-state index contributed by atoms with van der Waals surface area (Å²) in [7, 11) is 4.09. The first kappa shape index (κ1) is 11.5. The molecule has 0 aromatic heterocycles. The molecule has 2 aromatic carbocycles. The topological polar surface area (TPSA) is 23.5 Å². The zero-order chi connectivity index (χ0) is 12.3. The molecule has 0 bridgehead atoms. The molecule has 0 atom stereocenters. The Morgan fingerprint density at radius 2 is 1.76 bits per heavy atom. The van der Waals surface area contributed by atoms with Crippen LogP contribution in [-0.4, -0.2) is 19.2 Å². The van der Waals surface area contributed by atoms with Gasteiger partial charge in [-0.3, -0.25) is 0 Å². The van der Waals surface area contributed by atoms with Crippen LogP contribution in [0.15, 0.2) is 48.5 Å². The average molecular weight is 227 g/mol. The summed E-state index contributed by atoms with van der Waals surface area (Å²) >= 11 is 0. The highest BCUT2D eigenvalue weighted by atomic mass is 16.3. The minimum atomic E-state index is 0.324. The molecule has 0 spiro atoms.